The molecule has 8 nitrogen and oxygen atoms in total. The van der Waals surface area contributed by atoms with Crippen LogP contribution in [-0.2, 0) is 11.2 Å². The molecule has 1 N–H and O–H groups in total. The lowest BCUT2D eigenvalue weighted by Crippen LogP contribution is -2.41. The van der Waals surface area contributed by atoms with E-state index in [1.807, 2.05) is 36.7 Å². The second-order valence-electron chi connectivity index (χ2n) is 8.53. The Balaban J connectivity index is 1.61. The monoisotopic (exact) mass is 467 g/mol. The van der Waals surface area contributed by atoms with Gasteiger partial charge in [0.05, 0.1) is 35.3 Å². The lowest BCUT2D eigenvalue weighted by atomic mass is 10.0. The number of hydrogen-bond acceptors (Lipinski definition) is 5. The zero-order valence-electron chi connectivity index (χ0n) is 18.7. The van der Waals surface area contributed by atoms with Crippen LogP contribution in [0.3, 0.4) is 0 Å². The summed E-state index contributed by atoms with van der Waals surface area (Å²) < 4.78 is 39.7. The maximum atomic E-state index is 15.4. The number of nitrogens with zero attached hydrogens (tertiary/aromatic N) is 5. The van der Waals surface area contributed by atoms with E-state index < -0.39 is 17.6 Å². The SMILES string of the molecule is Cc1ccn2c(CC3CN(C)CCO3)c(-c3c(F)cc(-n4ccc(C(=O)O)n4)cc3F)nc2c1. The highest BCUT2D eigenvalue weighted by atomic mass is 19.1. The molecule has 0 saturated carbocycles. The summed E-state index contributed by atoms with van der Waals surface area (Å²) in [6, 6.07) is 7.29. The fraction of sp³-hybridized carbons (Fsp3) is 0.292. The first kappa shape index (κ1) is 22.2. The van der Waals surface area contributed by atoms with Gasteiger partial charge < -0.3 is 19.1 Å². The largest absolute Gasteiger partial charge is 0.476 e. The Hall–Kier alpha value is -3.63. The Morgan fingerprint density at radius 1 is 1.21 bits per heavy atom. The van der Waals surface area contributed by atoms with Crippen LogP contribution in [-0.4, -0.2) is 68.0 Å². The first-order chi connectivity index (χ1) is 16.3. The number of imidazole rings is 1. The second-order valence-corrected chi connectivity index (χ2v) is 8.53. The zero-order valence-corrected chi connectivity index (χ0v) is 18.7. The van der Waals surface area contributed by atoms with Crippen molar-refractivity contribution in [3.8, 4) is 16.9 Å². The van der Waals surface area contributed by atoms with E-state index in [-0.39, 0.29) is 28.7 Å². The van der Waals surface area contributed by atoms with Crippen LogP contribution in [0.1, 0.15) is 21.7 Å². The Morgan fingerprint density at radius 3 is 2.65 bits per heavy atom. The molecule has 1 aromatic carbocycles. The molecular formula is C24H23F2N5O3. The third-order valence-electron chi connectivity index (χ3n) is 5.98. The maximum Gasteiger partial charge on any atom is 0.356 e. The molecule has 1 aliphatic rings. The smallest absolute Gasteiger partial charge is 0.356 e. The number of carbonyl (C=O) groups is 1. The zero-order chi connectivity index (χ0) is 24.0. The van der Waals surface area contributed by atoms with Gasteiger partial charge in [0.15, 0.2) is 5.69 Å². The molecule has 4 heterocycles. The molecule has 5 rings (SSSR count). The van der Waals surface area contributed by atoms with Crippen molar-refractivity contribution < 1.29 is 23.4 Å². The molecule has 4 aromatic rings. The van der Waals surface area contributed by atoms with Crippen molar-refractivity contribution in [3.63, 3.8) is 0 Å². The van der Waals surface area contributed by atoms with E-state index in [0.29, 0.717) is 30.9 Å². The number of likely N-dealkylation sites (N-methyl/N-ethyl adjacent to an activating group) is 1. The van der Waals surface area contributed by atoms with Crippen LogP contribution in [0.4, 0.5) is 8.78 Å². The van der Waals surface area contributed by atoms with E-state index in [1.54, 1.807) is 0 Å². The van der Waals surface area contributed by atoms with Crippen LogP contribution < -0.4 is 0 Å². The normalized spacial score (nSPS) is 16.9. The third kappa shape index (κ3) is 4.06. The number of pyridine rings is 1. The lowest BCUT2D eigenvalue weighted by Gasteiger charge is -2.30. The number of morpholine rings is 1. The molecule has 176 valence electrons. The molecule has 1 saturated heterocycles. The Labute approximate surface area is 194 Å². The quantitative estimate of drug-likeness (QED) is 0.485. The summed E-state index contributed by atoms with van der Waals surface area (Å²) in [5, 5.41) is 12.9. The molecule has 34 heavy (non-hydrogen) atoms. The number of aromatic carboxylic acids is 1. The van der Waals surface area contributed by atoms with Crippen molar-refractivity contribution in [1.29, 1.82) is 0 Å². The van der Waals surface area contributed by atoms with Gasteiger partial charge >= 0.3 is 5.97 Å². The number of rotatable bonds is 5. The van der Waals surface area contributed by atoms with Gasteiger partial charge in [-0.05, 0) is 37.7 Å². The van der Waals surface area contributed by atoms with Crippen LogP contribution in [0.5, 0.6) is 0 Å². The molecule has 0 bridgehead atoms. The van der Waals surface area contributed by atoms with Crippen LogP contribution in [0.2, 0.25) is 0 Å². The summed E-state index contributed by atoms with van der Waals surface area (Å²) in [4.78, 5) is 17.9. The first-order valence-electron chi connectivity index (χ1n) is 10.9. The highest BCUT2D eigenvalue weighted by Gasteiger charge is 2.26. The minimum Gasteiger partial charge on any atom is -0.476 e. The standard InChI is InChI=1S/C24H23F2N5O3/c1-14-3-5-30-20(12-16-13-29(2)7-8-34-16)23(27-21(30)9-14)22-17(25)10-15(11-18(22)26)31-6-4-19(28-31)24(32)33/h3-6,9-11,16H,7-8,12-13H2,1-2H3,(H,32,33). The van der Waals surface area contributed by atoms with Crippen molar-refractivity contribution in [2.24, 2.45) is 0 Å². The van der Waals surface area contributed by atoms with Crippen LogP contribution in [0, 0.1) is 18.6 Å². The Morgan fingerprint density at radius 2 is 1.97 bits per heavy atom. The van der Waals surface area contributed by atoms with Gasteiger partial charge in [0.25, 0.3) is 0 Å². The molecule has 0 radical (unpaired) electrons. The molecule has 10 heteroatoms. The van der Waals surface area contributed by atoms with E-state index in [1.165, 1.54) is 12.3 Å². The summed E-state index contributed by atoms with van der Waals surface area (Å²) in [5.41, 5.74) is 2.06. The topological polar surface area (TPSA) is 84.9 Å². The molecule has 3 aromatic heterocycles. The van der Waals surface area contributed by atoms with Crippen LogP contribution >= 0.6 is 0 Å². The number of fused-ring (bicyclic) bond motifs is 1. The number of carboxylic acid groups (broad SMARTS) is 1. The number of benzene rings is 1. The van der Waals surface area contributed by atoms with Crippen LogP contribution in [0.15, 0.2) is 42.7 Å². The van der Waals surface area contributed by atoms with Gasteiger partial charge in [-0.3, -0.25) is 0 Å². The van der Waals surface area contributed by atoms with E-state index >= 15 is 8.78 Å². The van der Waals surface area contributed by atoms with Crippen molar-refractivity contribution >= 4 is 11.6 Å². The highest BCUT2D eigenvalue weighted by molar-refractivity contribution is 5.85. The minimum atomic E-state index is -1.23. The molecule has 0 aliphatic carbocycles. The number of halogens is 2. The molecule has 1 fully saturated rings. The van der Waals surface area contributed by atoms with Crippen molar-refractivity contribution in [2.75, 3.05) is 26.7 Å². The summed E-state index contributed by atoms with van der Waals surface area (Å²) in [6.45, 7) is 4.05. The second kappa shape index (κ2) is 8.62. The summed E-state index contributed by atoms with van der Waals surface area (Å²) in [5.74, 6) is -2.85. The van der Waals surface area contributed by atoms with Gasteiger partial charge in [0, 0.05) is 44.0 Å². The fourth-order valence-electron chi connectivity index (χ4n) is 4.30. The van der Waals surface area contributed by atoms with Gasteiger partial charge in [0.1, 0.15) is 17.3 Å². The van der Waals surface area contributed by atoms with Crippen molar-refractivity contribution in [1.82, 2.24) is 24.1 Å². The number of ether oxygens (including phenoxy) is 1. The molecule has 0 amide bonds. The predicted octanol–water partition coefficient (Wildman–Crippen LogP) is 3.34. The lowest BCUT2D eigenvalue weighted by molar-refractivity contribution is -0.0190. The van der Waals surface area contributed by atoms with Gasteiger partial charge in [-0.15, -0.1) is 0 Å². The Bertz CT molecular complexity index is 1370. The van der Waals surface area contributed by atoms with E-state index in [4.69, 9.17) is 9.84 Å². The van der Waals surface area contributed by atoms with Crippen molar-refractivity contribution in [3.05, 3.63) is 71.3 Å². The molecule has 1 aliphatic heterocycles. The molecular weight excluding hydrogens is 444 g/mol. The number of aryl methyl sites for hydroxylation is 1. The fourth-order valence-corrected chi connectivity index (χ4v) is 4.30. The summed E-state index contributed by atoms with van der Waals surface area (Å²) in [7, 11) is 2.01. The highest BCUT2D eigenvalue weighted by Crippen LogP contribution is 2.32. The average molecular weight is 467 g/mol. The first-order valence-corrected chi connectivity index (χ1v) is 10.9. The Kier molecular flexibility index (Phi) is 5.62. The number of hydrogen-bond donors (Lipinski definition) is 1. The number of carboxylic acids is 1. The van der Waals surface area contributed by atoms with E-state index in [2.05, 4.69) is 15.0 Å². The predicted molar refractivity (Wildman–Crippen MR) is 120 cm³/mol. The number of aromatic nitrogens is 4. The molecule has 1 unspecified atom stereocenters. The maximum absolute atomic E-state index is 15.4. The summed E-state index contributed by atoms with van der Waals surface area (Å²) >= 11 is 0. The molecule has 0 spiro atoms. The minimum absolute atomic E-state index is 0.0737. The van der Waals surface area contributed by atoms with Crippen LogP contribution in [0.25, 0.3) is 22.6 Å². The van der Waals surface area contributed by atoms with Gasteiger partial charge in [-0.2, -0.15) is 5.10 Å². The van der Waals surface area contributed by atoms with Gasteiger partial charge in [0.2, 0.25) is 0 Å². The van der Waals surface area contributed by atoms with Gasteiger partial charge in [-0.25, -0.2) is 23.2 Å². The van der Waals surface area contributed by atoms with E-state index in [9.17, 15) is 4.79 Å². The van der Waals surface area contributed by atoms with E-state index in [0.717, 1.165) is 28.9 Å². The van der Waals surface area contributed by atoms with Crippen molar-refractivity contribution in [2.45, 2.75) is 19.4 Å². The average Bonchev–Trinajstić information content (AvgIpc) is 3.39. The molecule has 1 atom stereocenters. The van der Waals surface area contributed by atoms with Gasteiger partial charge in [-0.1, -0.05) is 0 Å². The summed E-state index contributed by atoms with van der Waals surface area (Å²) in [6.07, 6.45) is 3.49. The third-order valence-corrected chi connectivity index (χ3v) is 5.98.